The molecule has 0 aromatic heterocycles. The van der Waals surface area contributed by atoms with Crippen LogP contribution >= 0.6 is 0 Å². The number of carbonyl (C=O) groups is 2. The van der Waals surface area contributed by atoms with Crippen LogP contribution in [0.15, 0.2) is 48.5 Å². The molecule has 0 spiro atoms. The van der Waals surface area contributed by atoms with Crippen LogP contribution in [0.4, 0.5) is 11.4 Å². The number of fused-ring (bicyclic) bond motifs is 1. The molecule has 2 aromatic carbocycles. The van der Waals surface area contributed by atoms with E-state index in [0.717, 1.165) is 11.3 Å². The molecule has 1 amide bonds. The number of anilines is 2. The molecule has 106 valence electrons. The summed E-state index contributed by atoms with van der Waals surface area (Å²) >= 11 is 0. The van der Waals surface area contributed by atoms with E-state index in [1.807, 2.05) is 24.3 Å². The minimum Gasteiger partial charge on any atom is -0.465 e. The quantitative estimate of drug-likeness (QED) is 0.849. The third kappa shape index (κ3) is 2.45. The maximum absolute atomic E-state index is 12.0. The van der Waals surface area contributed by atoms with E-state index in [-0.39, 0.29) is 5.91 Å². The van der Waals surface area contributed by atoms with Gasteiger partial charge in [0, 0.05) is 16.9 Å². The van der Waals surface area contributed by atoms with Crippen molar-refractivity contribution < 1.29 is 14.3 Å². The lowest BCUT2D eigenvalue weighted by atomic mass is 10.1. The van der Waals surface area contributed by atoms with Gasteiger partial charge in [0.1, 0.15) is 6.04 Å². The zero-order chi connectivity index (χ0) is 14.8. The number of benzene rings is 2. The smallest absolute Gasteiger partial charge is 0.337 e. The first-order valence-electron chi connectivity index (χ1n) is 6.54. The highest BCUT2D eigenvalue weighted by Gasteiger charge is 2.29. The van der Waals surface area contributed by atoms with Crippen LogP contribution in [0, 0.1) is 0 Å². The van der Waals surface area contributed by atoms with Crippen molar-refractivity contribution in [3.05, 3.63) is 59.7 Å². The molecule has 21 heavy (non-hydrogen) atoms. The summed E-state index contributed by atoms with van der Waals surface area (Å²) < 4.78 is 4.69. The molecule has 0 saturated heterocycles. The van der Waals surface area contributed by atoms with Gasteiger partial charge in [-0.05, 0) is 24.3 Å². The molecular formula is C16H14N2O3. The van der Waals surface area contributed by atoms with Gasteiger partial charge in [-0.15, -0.1) is 0 Å². The number of carbonyl (C=O) groups excluding carboxylic acids is 2. The van der Waals surface area contributed by atoms with Gasteiger partial charge < -0.3 is 15.4 Å². The molecule has 2 N–H and O–H groups in total. The van der Waals surface area contributed by atoms with Crippen molar-refractivity contribution in [2.75, 3.05) is 17.7 Å². The van der Waals surface area contributed by atoms with E-state index >= 15 is 0 Å². The molecule has 0 saturated carbocycles. The average Bonchev–Trinajstić information content (AvgIpc) is 2.83. The SMILES string of the molecule is COC(=O)c1cccc(NC2C(=O)Nc3ccccc32)c1. The van der Waals surface area contributed by atoms with Crippen LogP contribution in [0.3, 0.4) is 0 Å². The fourth-order valence-electron chi connectivity index (χ4n) is 2.37. The predicted octanol–water partition coefficient (Wildman–Crippen LogP) is 2.58. The largest absolute Gasteiger partial charge is 0.465 e. The Bertz CT molecular complexity index is 712. The lowest BCUT2D eigenvalue weighted by Gasteiger charge is -2.13. The highest BCUT2D eigenvalue weighted by molar-refractivity contribution is 6.04. The number of ether oxygens (including phenoxy) is 1. The fourth-order valence-corrected chi connectivity index (χ4v) is 2.37. The Morgan fingerprint density at radius 1 is 1.19 bits per heavy atom. The number of hydrogen-bond donors (Lipinski definition) is 2. The van der Waals surface area contributed by atoms with Crippen LogP contribution in [0.5, 0.6) is 0 Å². The minimum atomic E-state index is -0.464. The molecule has 1 aliphatic rings. The first-order valence-corrected chi connectivity index (χ1v) is 6.54. The van der Waals surface area contributed by atoms with Crippen LogP contribution in [0.1, 0.15) is 22.0 Å². The molecule has 1 atom stereocenters. The lowest BCUT2D eigenvalue weighted by Crippen LogP contribution is -2.19. The molecule has 1 aliphatic heterocycles. The van der Waals surface area contributed by atoms with Gasteiger partial charge in [0.2, 0.25) is 0 Å². The number of amides is 1. The molecule has 2 aromatic rings. The first-order chi connectivity index (χ1) is 10.2. The lowest BCUT2D eigenvalue weighted by molar-refractivity contribution is -0.116. The average molecular weight is 282 g/mol. The van der Waals surface area contributed by atoms with Gasteiger partial charge in [-0.1, -0.05) is 24.3 Å². The molecule has 3 rings (SSSR count). The van der Waals surface area contributed by atoms with E-state index in [4.69, 9.17) is 4.74 Å². The number of hydrogen-bond acceptors (Lipinski definition) is 4. The predicted molar refractivity (Wildman–Crippen MR) is 79.2 cm³/mol. The second-order valence-electron chi connectivity index (χ2n) is 4.73. The van der Waals surface area contributed by atoms with Crippen molar-refractivity contribution in [2.45, 2.75) is 6.04 Å². The van der Waals surface area contributed by atoms with Gasteiger partial charge in [-0.2, -0.15) is 0 Å². The zero-order valence-electron chi connectivity index (χ0n) is 11.4. The summed E-state index contributed by atoms with van der Waals surface area (Å²) in [5.41, 5.74) is 2.83. The summed E-state index contributed by atoms with van der Waals surface area (Å²) in [6.07, 6.45) is 0. The summed E-state index contributed by atoms with van der Waals surface area (Å²) in [6.45, 7) is 0. The number of nitrogens with one attached hydrogen (secondary N) is 2. The minimum absolute atomic E-state index is 0.111. The Morgan fingerprint density at radius 3 is 2.81 bits per heavy atom. The fraction of sp³-hybridized carbons (Fsp3) is 0.125. The molecule has 0 radical (unpaired) electrons. The third-order valence-electron chi connectivity index (χ3n) is 3.39. The summed E-state index contributed by atoms with van der Waals surface area (Å²) in [5.74, 6) is -0.519. The molecule has 0 bridgehead atoms. The third-order valence-corrected chi connectivity index (χ3v) is 3.39. The normalized spacial score (nSPS) is 16.0. The van der Waals surface area contributed by atoms with E-state index in [1.54, 1.807) is 24.3 Å². The molecule has 1 heterocycles. The van der Waals surface area contributed by atoms with Crippen molar-refractivity contribution in [2.24, 2.45) is 0 Å². The van der Waals surface area contributed by atoms with Gasteiger partial charge in [0.25, 0.3) is 5.91 Å². The second kappa shape index (κ2) is 5.28. The van der Waals surface area contributed by atoms with E-state index in [9.17, 15) is 9.59 Å². The van der Waals surface area contributed by atoms with Gasteiger partial charge in [-0.3, -0.25) is 4.79 Å². The van der Waals surface area contributed by atoms with Gasteiger partial charge in [0.05, 0.1) is 12.7 Å². The van der Waals surface area contributed by atoms with E-state index in [0.29, 0.717) is 11.3 Å². The van der Waals surface area contributed by atoms with Crippen LogP contribution in [-0.2, 0) is 9.53 Å². The summed E-state index contributed by atoms with van der Waals surface area (Å²) in [6, 6.07) is 13.9. The van der Waals surface area contributed by atoms with Crippen molar-refractivity contribution >= 4 is 23.3 Å². The first kappa shape index (κ1) is 13.2. The Kier molecular flexibility index (Phi) is 3.31. The highest BCUT2D eigenvalue weighted by Crippen LogP contribution is 2.32. The van der Waals surface area contributed by atoms with Gasteiger partial charge in [-0.25, -0.2) is 4.79 Å². The number of methoxy groups -OCH3 is 1. The molecule has 0 fully saturated rings. The molecule has 5 heteroatoms. The standard InChI is InChI=1S/C16H14N2O3/c1-21-16(20)10-5-4-6-11(9-10)17-14-12-7-2-3-8-13(12)18-15(14)19/h2-9,14,17H,1H3,(H,18,19). The monoisotopic (exact) mass is 282 g/mol. The number of rotatable bonds is 3. The number of para-hydroxylation sites is 1. The maximum Gasteiger partial charge on any atom is 0.337 e. The summed E-state index contributed by atoms with van der Waals surface area (Å²) in [5, 5.41) is 5.97. The molecular weight excluding hydrogens is 268 g/mol. The number of esters is 1. The maximum atomic E-state index is 12.0. The van der Waals surface area contributed by atoms with E-state index < -0.39 is 12.0 Å². The highest BCUT2D eigenvalue weighted by atomic mass is 16.5. The molecule has 0 aliphatic carbocycles. The summed E-state index contributed by atoms with van der Waals surface area (Å²) in [7, 11) is 1.34. The topological polar surface area (TPSA) is 67.4 Å². The van der Waals surface area contributed by atoms with E-state index in [1.165, 1.54) is 7.11 Å². The Labute approximate surface area is 121 Å². The second-order valence-corrected chi connectivity index (χ2v) is 4.73. The Balaban J connectivity index is 1.87. The Hall–Kier alpha value is -2.82. The van der Waals surface area contributed by atoms with E-state index in [2.05, 4.69) is 10.6 Å². The van der Waals surface area contributed by atoms with Crippen LogP contribution < -0.4 is 10.6 Å². The molecule has 1 unspecified atom stereocenters. The van der Waals surface area contributed by atoms with Gasteiger partial charge >= 0.3 is 5.97 Å². The van der Waals surface area contributed by atoms with Crippen molar-refractivity contribution in [1.82, 2.24) is 0 Å². The van der Waals surface area contributed by atoms with Crippen molar-refractivity contribution in [1.29, 1.82) is 0 Å². The molecule has 5 nitrogen and oxygen atoms in total. The zero-order valence-corrected chi connectivity index (χ0v) is 11.4. The van der Waals surface area contributed by atoms with Crippen LogP contribution in [0.25, 0.3) is 0 Å². The van der Waals surface area contributed by atoms with Crippen LogP contribution in [-0.4, -0.2) is 19.0 Å². The Morgan fingerprint density at radius 2 is 2.00 bits per heavy atom. The summed E-state index contributed by atoms with van der Waals surface area (Å²) in [4.78, 5) is 23.6. The van der Waals surface area contributed by atoms with Crippen molar-refractivity contribution in [3.8, 4) is 0 Å². The van der Waals surface area contributed by atoms with Gasteiger partial charge in [0.15, 0.2) is 0 Å². The van der Waals surface area contributed by atoms with Crippen molar-refractivity contribution in [3.63, 3.8) is 0 Å². The van der Waals surface area contributed by atoms with Crippen LogP contribution in [0.2, 0.25) is 0 Å².